The van der Waals surface area contributed by atoms with Crippen molar-refractivity contribution in [3.63, 3.8) is 0 Å². The van der Waals surface area contributed by atoms with Crippen LogP contribution in [0, 0.1) is 0 Å². The van der Waals surface area contributed by atoms with E-state index in [1.165, 1.54) is 19.3 Å². The molecule has 0 radical (unpaired) electrons. The van der Waals surface area contributed by atoms with Crippen molar-refractivity contribution < 1.29 is 0 Å². The summed E-state index contributed by atoms with van der Waals surface area (Å²) in [5.74, 6) is 0. The van der Waals surface area contributed by atoms with E-state index < -0.39 is 0 Å². The molecule has 1 heterocycles. The summed E-state index contributed by atoms with van der Waals surface area (Å²) in [4.78, 5) is 4.21. The Morgan fingerprint density at radius 2 is 2.31 bits per heavy atom. The van der Waals surface area contributed by atoms with Crippen LogP contribution in [-0.2, 0) is 6.54 Å². The average Bonchev–Trinajstić information content (AvgIpc) is 2.05. The minimum Gasteiger partial charge on any atom is -0.308 e. The molecule has 0 spiro atoms. The molecule has 0 aromatic carbocycles. The zero-order chi connectivity index (χ0) is 9.10. The first-order valence-electron chi connectivity index (χ1n) is 4.68. The molecule has 0 amide bonds. The molecule has 13 heavy (non-hydrogen) atoms. The van der Waals surface area contributed by atoms with Gasteiger partial charge >= 0.3 is 0 Å². The third kappa shape index (κ3) is 2.42. The smallest absolute Gasteiger partial charge is 0.0589 e. The van der Waals surface area contributed by atoms with Gasteiger partial charge in [-0.1, -0.05) is 18.0 Å². The highest BCUT2D eigenvalue weighted by atomic mass is 35.5. The maximum Gasteiger partial charge on any atom is 0.0589 e. The molecule has 1 aromatic heterocycles. The van der Waals surface area contributed by atoms with Crippen molar-refractivity contribution in [2.45, 2.75) is 31.8 Å². The van der Waals surface area contributed by atoms with E-state index in [-0.39, 0.29) is 0 Å². The number of nitrogens with one attached hydrogen (secondary N) is 1. The van der Waals surface area contributed by atoms with Crippen LogP contribution in [0.25, 0.3) is 0 Å². The highest BCUT2D eigenvalue weighted by Crippen LogP contribution is 2.18. The fraction of sp³-hybridized carbons (Fsp3) is 0.500. The van der Waals surface area contributed by atoms with E-state index in [2.05, 4.69) is 10.3 Å². The molecule has 1 aliphatic rings. The molecule has 1 fully saturated rings. The number of pyridine rings is 1. The molecule has 0 bridgehead atoms. The van der Waals surface area contributed by atoms with Crippen molar-refractivity contribution in [1.29, 1.82) is 0 Å². The van der Waals surface area contributed by atoms with Crippen LogP contribution < -0.4 is 5.32 Å². The Bertz CT molecular complexity index is 267. The lowest BCUT2D eigenvalue weighted by Gasteiger charge is -2.26. The summed E-state index contributed by atoms with van der Waals surface area (Å²) in [6, 6.07) is 4.57. The molecule has 1 aliphatic carbocycles. The van der Waals surface area contributed by atoms with Crippen molar-refractivity contribution in [3.05, 3.63) is 29.0 Å². The number of hydrogen-bond donors (Lipinski definition) is 1. The van der Waals surface area contributed by atoms with Gasteiger partial charge in [-0.15, -0.1) is 0 Å². The Balaban J connectivity index is 1.83. The van der Waals surface area contributed by atoms with E-state index in [0.717, 1.165) is 18.3 Å². The van der Waals surface area contributed by atoms with E-state index in [0.29, 0.717) is 5.02 Å². The van der Waals surface area contributed by atoms with Gasteiger partial charge in [0.2, 0.25) is 0 Å². The van der Waals surface area contributed by atoms with Crippen molar-refractivity contribution in [3.8, 4) is 0 Å². The number of halogens is 1. The lowest BCUT2D eigenvalue weighted by atomic mass is 9.93. The standard InChI is InChI=1S/C10H13ClN2/c11-8-4-5-10(12-6-8)7-13-9-2-1-3-9/h4-6,9,13H,1-3,7H2. The Hall–Kier alpha value is -0.600. The van der Waals surface area contributed by atoms with Crippen LogP contribution in [0.15, 0.2) is 18.3 Å². The van der Waals surface area contributed by atoms with Gasteiger partial charge in [0.15, 0.2) is 0 Å². The first-order chi connectivity index (χ1) is 6.34. The van der Waals surface area contributed by atoms with Crippen LogP contribution in [0.4, 0.5) is 0 Å². The molecule has 0 unspecified atom stereocenters. The Labute approximate surface area is 83.3 Å². The lowest BCUT2D eigenvalue weighted by Crippen LogP contribution is -2.34. The maximum absolute atomic E-state index is 5.73. The van der Waals surface area contributed by atoms with Crippen LogP contribution in [0.2, 0.25) is 5.02 Å². The molecular formula is C10H13ClN2. The average molecular weight is 197 g/mol. The van der Waals surface area contributed by atoms with Crippen LogP contribution in [0.3, 0.4) is 0 Å². The van der Waals surface area contributed by atoms with Gasteiger partial charge in [0, 0.05) is 18.8 Å². The van der Waals surface area contributed by atoms with Crippen LogP contribution in [0.5, 0.6) is 0 Å². The van der Waals surface area contributed by atoms with Gasteiger partial charge in [-0.05, 0) is 25.0 Å². The summed E-state index contributed by atoms with van der Waals surface area (Å²) < 4.78 is 0. The zero-order valence-electron chi connectivity index (χ0n) is 7.46. The van der Waals surface area contributed by atoms with E-state index in [1.54, 1.807) is 6.20 Å². The third-order valence-corrected chi connectivity index (χ3v) is 2.69. The molecule has 0 saturated heterocycles. The van der Waals surface area contributed by atoms with Gasteiger partial charge in [0.1, 0.15) is 0 Å². The molecule has 1 aromatic rings. The van der Waals surface area contributed by atoms with Gasteiger partial charge in [-0.2, -0.15) is 0 Å². The number of hydrogen-bond acceptors (Lipinski definition) is 2. The second kappa shape index (κ2) is 4.07. The summed E-state index contributed by atoms with van der Waals surface area (Å²) in [7, 11) is 0. The largest absolute Gasteiger partial charge is 0.308 e. The third-order valence-electron chi connectivity index (χ3n) is 2.47. The number of aromatic nitrogens is 1. The molecule has 70 valence electrons. The molecule has 2 nitrogen and oxygen atoms in total. The summed E-state index contributed by atoms with van der Waals surface area (Å²) in [5, 5.41) is 4.15. The van der Waals surface area contributed by atoms with Crippen molar-refractivity contribution in [2.24, 2.45) is 0 Å². The fourth-order valence-electron chi connectivity index (χ4n) is 1.37. The Morgan fingerprint density at radius 1 is 1.46 bits per heavy atom. The summed E-state index contributed by atoms with van der Waals surface area (Å²) in [6.07, 6.45) is 5.69. The van der Waals surface area contributed by atoms with Gasteiger partial charge in [-0.3, -0.25) is 4.98 Å². The lowest BCUT2D eigenvalue weighted by molar-refractivity contribution is 0.337. The topological polar surface area (TPSA) is 24.9 Å². The first kappa shape index (κ1) is 8.97. The molecule has 0 aliphatic heterocycles. The van der Waals surface area contributed by atoms with Gasteiger partial charge in [-0.25, -0.2) is 0 Å². The van der Waals surface area contributed by atoms with Gasteiger partial charge in [0.05, 0.1) is 10.7 Å². The maximum atomic E-state index is 5.73. The second-order valence-electron chi connectivity index (χ2n) is 3.48. The van der Waals surface area contributed by atoms with E-state index in [9.17, 15) is 0 Å². The number of rotatable bonds is 3. The molecule has 0 atom stereocenters. The van der Waals surface area contributed by atoms with Gasteiger partial charge in [0.25, 0.3) is 0 Å². The van der Waals surface area contributed by atoms with Crippen molar-refractivity contribution in [2.75, 3.05) is 0 Å². The van der Waals surface area contributed by atoms with E-state index in [1.807, 2.05) is 12.1 Å². The monoisotopic (exact) mass is 196 g/mol. The second-order valence-corrected chi connectivity index (χ2v) is 3.91. The van der Waals surface area contributed by atoms with Gasteiger partial charge < -0.3 is 5.32 Å². The predicted molar refractivity (Wildman–Crippen MR) is 53.7 cm³/mol. The highest BCUT2D eigenvalue weighted by Gasteiger charge is 2.15. The molecule has 2 rings (SSSR count). The summed E-state index contributed by atoms with van der Waals surface area (Å²) in [6.45, 7) is 0.863. The normalized spacial score (nSPS) is 17.0. The van der Waals surface area contributed by atoms with Crippen molar-refractivity contribution >= 4 is 11.6 Å². The minimum absolute atomic E-state index is 0.701. The highest BCUT2D eigenvalue weighted by molar-refractivity contribution is 6.30. The van der Waals surface area contributed by atoms with E-state index in [4.69, 9.17) is 11.6 Å². The zero-order valence-corrected chi connectivity index (χ0v) is 8.22. The predicted octanol–water partition coefficient (Wildman–Crippen LogP) is 2.38. The summed E-state index contributed by atoms with van der Waals surface area (Å²) >= 11 is 5.73. The molecule has 3 heteroatoms. The first-order valence-corrected chi connectivity index (χ1v) is 5.06. The SMILES string of the molecule is Clc1ccc(CNC2CCC2)nc1. The van der Waals surface area contributed by atoms with Crippen LogP contribution in [0.1, 0.15) is 25.0 Å². The Kier molecular flexibility index (Phi) is 2.81. The molecule has 1 saturated carbocycles. The summed E-state index contributed by atoms with van der Waals surface area (Å²) in [5.41, 5.74) is 1.07. The number of nitrogens with zero attached hydrogens (tertiary/aromatic N) is 1. The van der Waals surface area contributed by atoms with E-state index >= 15 is 0 Å². The van der Waals surface area contributed by atoms with Crippen LogP contribution >= 0.6 is 11.6 Å². The van der Waals surface area contributed by atoms with Crippen molar-refractivity contribution in [1.82, 2.24) is 10.3 Å². The Morgan fingerprint density at radius 3 is 2.85 bits per heavy atom. The molecular weight excluding hydrogens is 184 g/mol. The molecule has 1 N–H and O–H groups in total. The van der Waals surface area contributed by atoms with Crippen LogP contribution in [-0.4, -0.2) is 11.0 Å². The quantitative estimate of drug-likeness (QED) is 0.803. The fourth-order valence-corrected chi connectivity index (χ4v) is 1.48. The minimum atomic E-state index is 0.701.